The van der Waals surface area contributed by atoms with Crippen molar-refractivity contribution in [3.8, 4) is 11.1 Å². The number of amides is 2. The van der Waals surface area contributed by atoms with Gasteiger partial charge in [-0.2, -0.15) is 0 Å². The molecular formula is C28H34N2O5. The second-order valence-corrected chi connectivity index (χ2v) is 9.60. The summed E-state index contributed by atoms with van der Waals surface area (Å²) in [5, 5.41) is 12.5. The van der Waals surface area contributed by atoms with Gasteiger partial charge in [-0.1, -0.05) is 55.5 Å². The summed E-state index contributed by atoms with van der Waals surface area (Å²) in [7, 11) is 0. The van der Waals surface area contributed by atoms with Gasteiger partial charge in [-0.05, 0) is 61.3 Å². The summed E-state index contributed by atoms with van der Waals surface area (Å²) in [6.45, 7) is 4.45. The standard InChI is InChI=1S/C28H34N2O5/c1-3-28(26(32)33)16-9-17-30(28)25(31)15-8-10-19(2)29-27(34)35-18-24-22-13-6-4-11-20(22)21-12-5-7-14-23(21)24/h4-7,11-14,19,24H,3,8-10,15-18H2,1-2H3,(H,29,34)(H,32,33). The predicted molar refractivity (Wildman–Crippen MR) is 133 cm³/mol. The zero-order valence-electron chi connectivity index (χ0n) is 20.5. The monoisotopic (exact) mass is 478 g/mol. The molecule has 2 aromatic rings. The fourth-order valence-electron chi connectivity index (χ4n) is 5.59. The van der Waals surface area contributed by atoms with E-state index in [1.807, 2.05) is 38.1 Å². The van der Waals surface area contributed by atoms with Crippen LogP contribution in [-0.2, 0) is 14.3 Å². The maximum absolute atomic E-state index is 12.7. The molecule has 0 radical (unpaired) electrons. The number of hydrogen-bond acceptors (Lipinski definition) is 4. The molecule has 2 atom stereocenters. The summed E-state index contributed by atoms with van der Waals surface area (Å²) in [6.07, 6.45) is 2.60. The quantitative estimate of drug-likeness (QED) is 0.532. The first-order valence-corrected chi connectivity index (χ1v) is 12.5. The molecule has 0 bridgehead atoms. The molecule has 1 fully saturated rings. The minimum atomic E-state index is -1.07. The third-order valence-electron chi connectivity index (χ3n) is 7.51. The highest BCUT2D eigenvalue weighted by molar-refractivity contribution is 5.87. The molecule has 35 heavy (non-hydrogen) atoms. The Labute approximate surface area is 206 Å². The molecule has 2 N–H and O–H groups in total. The molecule has 2 amide bonds. The molecule has 186 valence electrons. The van der Waals surface area contributed by atoms with Gasteiger partial charge in [0, 0.05) is 24.9 Å². The minimum Gasteiger partial charge on any atom is -0.479 e. The van der Waals surface area contributed by atoms with Crippen molar-refractivity contribution in [1.82, 2.24) is 10.2 Å². The molecule has 0 saturated carbocycles. The van der Waals surface area contributed by atoms with Crippen molar-refractivity contribution < 1.29 is 24.2 Å². The molecule has 2 unspecified atom stereocenters. The van der Waals surface area contributed by atoms with Gasteiger partial charge >= 0.3 is 12.1 Å². The normalized spacial score (nSPS) is 19.7. The van der Waals surface area contributed by atoms with Gasteiger partial charge in [-0.25, -0.2) is 9.59 Å². The van der Waals surface area contributed by atoms with Gasteiger partial charge in [0.05, 0.1) is 0 Å². The van der Waals surface area contributed by atoms with Gasteiger partial charge in [0.1, 0.15) is 12.1 Å². The van der Waals surface area contributed by atoms with E-state index in [1.165, 1.54) is 22.3 Å². The fraction of sp³-hybridized carbons (Fsp3) is 0.464. The van der Waals surface area contributed by atoms with Gasteiger partial charge in [-0.15, -0.1) is 0 Å². The second-order valence-electron chi connectivity index (χ2n) is 9.60. The first kappa shape index (κ1) is 24.8. The van der Waals surface area contributed by atoms with E-state index in [0.717, 1.165) is 0 Å². The number of ether oxygens (including phenoxy) is 1. The molecule has 0 aromatic heterocycles. The third kappa shape index (κ3) is 4.90. The Kier molecular flexibility index (Phi) is 7.43. The molecule has 2 aliphatic rings. The molecular weight excluding hydrogens is 444 g/mol. The smallest absolute Gasteiger partial charge is 0.407 e. The van der Waals surface area contributed by atoms with Crippen molar-refractivity contribution in [2.24, 2.45) is 0 Å². The van der Waals surface area contributed by atoms with Crippen molar-refractivity contribution >= 4 is 18.0 Å². The molecule has 1 aliphatic heterocycles. The fourth-order valence-corrected chi connectivity index (χ4v) is 5.59. The first-order chi connectivity index (χ1) is 16.9. The Morgan fingerprint density at radius 1 is 1.11 bits per heavy atom. The zero-order chi connectivity index (χ0) is 25.0. The van der Waals surface area contributed by atoms with Gasteiger partial charge < -0.3 is 20.1 Å². The van der Waals surface area contributed by atoms with Crippen molar-refractivity contribution in [3.05, 3.63) is 59.7 Å². The third-order valence-corrected chi connectivity index (χ3v) is 7.51. The summed E-state index contributed by atoms with van der Waals surface area (Å²) in [6, 6.07) is 16.2. The second kappa shape index (κ2) is 10.5. The van der Waals surface area contributed by atoms with Gasteiger partial charge in [0.15, 0.2) is 0 Å². The van der Waals surface area contributed by atoms with Crippen LogP contribution in [0.1, 0.15) is 69.4 Å². The molecule has 4 rings (SSSR count). The van der Waals surface area contributed by atoms with Crippen LogP contribution in [0.25, 0.3) is 11.1 Å². The van der Waals surface area contributed by atoms with Crippen LogP contribution in [0.3, 0.4) is 0 Å². The zero-order valence-corrected chi connectivity index (χ0v) is 20.5. The lowest BCUT2D eigenvalue weighted by Gasteiger charge is -2.34. The number of aliphatic carboxylic acids is 1. The Morgan fingerprint density at radius 2 is 1.74 bits per heavy atom. The van der Waals surface area contributed by atoms with Crippen molar-refractivity contribution in [3.63, 3.8) is 0 Å². The Bertz CT molecular complexity index is 1050. The van der Waals surface area contributed by atoms with Crippen LogP contribution in [0.2, 0.25) is 0 Å². The lowest BCUT2D eigenvalue weighted by Crippen LogP contribution is -2.52. The van der Waals surface area contributed by atoms with Crippen molar-refractivity contribution in [2.75, 3.05) is 13.2 Å². The number of alkyl carbamates (subject to hydrolysis) is 1. The molecule has 1 saturated heterocycles. The average molecular weight is 479 g/mol. The summed E-state index contributed by atoms with van der Waals surface area (Å²) in [5.74, 6) is -1.04. The predicted octanol–water partition coefficient (Wildman–Crippen LogP) is 4.94. The minimum absolute atomic E-state index is 0.00889. The summed E-state index contributed by atoms with van der Waals surface area (Å²) in [5.41, 5.74) is 3.63. The number of nitrogens with zero attached hydrogens (tertiary/aromatic N) is 1. The van der Waals surface area contributed by atoms with E-state index >= 15 is 0 Å². The summed E-state index contributed by atoms with van der Waals surface area (Å²) < 4.78 is 5.60. The highest BCUT2D eigenvalue weighted by atomic mass is 16.5. The molecule has 0 spiro atoms. The Balaban J connectivity index is 1.24. The van der Waals surface area contributed by atoms with Crippen LogP contribution in [0.4, 0.5) is 4.79 Å². The number of hydrogen-bond donors (Lipinski definition) is 2. The van der Waals surface area contributed by atoms with Gasteiger partial charge in [0.25, 0.3) is 0 Å². The number of likely N-dealkylation sites (tertiary alicyclic amines) is 1. The Morgan fingerprint density at radius 3 is 2.34 bits per heavy atom. The SMILES string of the molecule is CCC1(C(=O)O)CCCN1C(=O)CCCC(C)NC(=O)OCC1c2ccccc2-c2ccccc21. The van der Waals surface area contributed by atoms with E-state index in [0.29, 0.717) is 38.6 Å². The van der Waals surface area contributed by atoms with E-state index in [-0.39, 0.29) is 30.9 Å². The number of nitrogens with one attached hydrogen (secondary N) is 1. The van der Waals surface area contributed by atoms with Crippen molar-refractivity contribution in [1.29, 1.82) is 0 Å². The van der Waals surface area contributed by atoms with Gasteiger partial charge in [-0.3, -0.25) is 4.79 Å². The van der Waals surface area contributed by atoms with Crippen LogP contribution in [-0.4, -0.2) is 52.7 Å². The van der Waals surface area contributed by atoms with Crippen LogP contribution in [0, 0.1) is 0 Å². The summed E-state index contributed by atoms with van der Waals surface area (Å²) in [4.78, 5) is 38.5. The lowest BCUT2D eigenvalue weighted by atomic mass is 9.92. The molecule has 1 heterocycles. The number of carboxylic acid groups (broad SMARTS) is 1. The molecule has 1 aliphatic carbocycles. The van der Waals surface area contributed by atoms with E-state index in [2.05, 4.69) is 29.6 Å². The van der Waals surface area contributed by atoms with E-state index in [9.17, 15) is 19.5 Å². The van der Waals surface area contributed by atoms with Crippen LogP contribution in [0.5, 0.6) is 0 Å². The average Bonchev–Trinajstić information content (AvgIpc) is 3.43. The number of carbonyl (C=O) groups is 3. The maximum Gasteiger partial charge on any atom is 0.407 e. The lowest BCUT2D eigenvalue weighted by molar-refractivity contribution is -0.156. The van der Waals surface area contributed by atoms with E-state index < -0.39 is 17.6 Å². The number of benzene rings is 2. The number of rotatable bonds is 9. The highest BCUT2D eigenvalue weighted by Crippen LogP contribution is 2.44. The van der Waals surface area contributed by atoms with Gasteiger partial charge in [0.2, 0.25) is 5.91 Å². The van der Waals surface area contributed by atoms with E-state index in [1.54, 1.807) is 4.90 Å². The topological polar surface area (TPSA) is 95.9 Å². The molecule has 2 aromatic carbocycles. The highest BCUT2D eigenvalue weighted by Gasteiger charge is 2.48. The number of fused-ring (bicyclic) bond motifs is 3. The van der Waals surface area contributed by atoms with E-state index in [4.69, 9.17) is 4.74 Å². The largest absolute Gasteiger partial charge is 0.479 e. The molecule has 7 nitrogen and oxygen atoms in total. The Hall–Kier alpha value is -3.35. The summed E-state index contributed by atoms with van der Waals surface area (Å²) >= 11 is 0. The maximum atomic E-state index is 12.7. The molecule has 7 heteroatoms. The van der Waals surface area contributed by atoms with Crippen LogP contribution >= 0.6 is 0 Å². The number of carbonyl (C=O) groups excluding carboxylic acids is 2. The van der Waals surface area contributed by atoms with Crippen LogP contribution in [0.15, 0.2) is 48.5 Å². The number of carboxylic acids is 1. The van der Waals surface area contributed by atoms with Crippen molar-refractivity contribution in [2.45, 2.75) is 69.9 Å². The van der Waals surface area contributed by atoms with Crippen LogP contribution < -0.4 is 5.32 Å². The first-order valence-electron chi connectivity index (χ1n) is 12.5.